The molecule has 0 radical (unpaired) electrons. The summed E-state index contributed by atoms with van der Waals surface area (Å²) in [5, 5.41) is 43.5. The van der Waals surface area contributed by atoms with Crippen molar-refractivity contribution >= 4 is 109 Å². The molecule has 0 saturated carbocycles. The van der Waals surface area contributed by atoms with E-state index >= 15 is 0 Å². The van der Waals surface area contributed by atoms with Gasteiger partial charge in [0.15, 0.2) is 0 Å². The van der Waals surface area contributed by atoms with Crippen LogP contribution in [-0.2, 0) is 20.2 Å². The summed E-state index contributed by atoms with van der Waals surface area (Å²) in [5.41, 5.74) is 0.345. The maximum Gasteiger partial charge on any atom is 2.00 e. The summed E-state index contributed by atoms with van der Waals surface area (Å²) in [6.45, 7) is 0. The second-order valence-corrected chi connectivity index (χ2v) is 14.7. The van der Waals surface area contributed by atoms with Gasteiger partial charge in [0.1, 0.15) is 41.4 Å². The smallest absolute Gasteiger partial charge is 0.871 e. The van der Waals surface area contributed by atoms with E-state index in [1.165, 1.54) is 36.4 Å². The van der Waals surface area contributed by atoms with Crippen molar-refractivity contribution in [3.8, 4) is 11.5 Å². The zero-order valence-corrected chi connectivity index (χ0v) is 31.6. The fourth-order valence-electron chi connectivity index (χ4n) is 5.96. The molecule has 55 heavy (non-hydrogen) atoms. The molecule has 0 aliphatic carbocycles. The second kappa shape index (κ2) is 15.9. The number of hydrogen-bond donors (Lipinski definition) is 2. The first kappa shape index (κ1) is 38.9. The van der Waals surface area contributed by atoms with Crippen molar-refractivity contribution in [2.75, 3.05) is 0 Å². The summed E-state index contributed by atoms with van der Waals surface area (Å²) in [5.74, 6) is -0.623. The Labute approximate surface area is 333 Å². The van der Waals surface area contributed by atoms with Crippen LogP contribution in [0.5, 0.6) is 11.5 Å². The van der Waals surface area contributed by atoms with Crippen LogP contribution < -0.4 is 20.4 Å². The number of azo groups is 2. The topological polar surface area (TPSA) is 213 Å². The van der Waals surface area contributed by atoms with Crippen LogP contribution in [0.15, 0.2) is 166 Å². The maximum absolute atomic E-state index is 12.2. The molecule has 268 valence electrons. The van der Waals surface area contributed by atoms with E-state index in [0.717, 1.165) is 21.5 Å². The van der Waals surface area contributed by atoms with Crippen LogP contribution in [0.3, 0.4) is 0 Å². The van der Waals surface area contributed by atoms with E-state index in [4.69, 9.17) is 0 Å². The van der Waals surface area contributed by atoms with Crippen molar-refractivity contribution in [2.24, 2.45) is 10.2 Å². The van der Waals surface area contributed by atoms with Gasteiger partial charge in [-0.3, -0.25) is 0 Å². The molecule has 8 aromatic carbocycles. The number of fused-ring (bicyclic) bond motifs is 4. The van der Waals surface area contributed by atoms with Gasteiger partial charge in [-0.05, 0) is 54.7 Å². The third-order valence-corrected chi connectivity index (χ3v) is 10.3. The average molecular weight is 781 g/mol. The van der Waals surface area contributed by atoms with Gasteiger partial charge in [-0.25, -0.2) is 16.8 Å². The Morgan fingerprint density at radius 1 is 0.436 bits per heavy atom. The first-order valence-electron chi connectivity index (χ1n) is 16.2. The minimum absolute atomic E-state index is 0. The number of nitrogens with zero attached hydrogens (tertiary/aromatic N) is 2. The monoisotopic (exact) mass is 780 g/mol. The Morgan fingerprint density at radius 3 is 1.09 bits per heavy atom. The molecule has 0 saturated heterocycles. The van der Waals surface area contributed by atoms with Crippen LogP contribution in [0, 0.1) is 0 Å². The Morgan fingerprint density at radius 2 is 0.745 bits per heavy atom. The predicted octanol–water partition coefficient (Wildman–Crippen LogP) is 4.78. The predicted molar refractivity (Wildman–Crippen MR) is 204 cm³/mol. The van der Waals surface area contributed by atoms with Gasteiger partial charge >= 0.3 is 25.9 Å². The maximum atomic E-state index is 12.2. The molecule has 0 bridgehead atoms. The van der Waals surface area contributed by atoms with E-state index in [9.17, 15) is 36.2 Å². The molecular formula is C40H28MgN4O8S2+2. The zero-order chi connectivity index (χ0) is 38.0. The molecule has 15 heteroatoms. The second-order valence-electron chi connectivity index (χ2n) is 12.0. The van der Waals surface area contributed by atoms with Crippen molar-refractivity contribution in [1.29, 1.82) is 0 Å². The largest absolute Gasteiger partial charge is 2.00 e. The molecule has 8 rings (SSSR count). The summed E-state index contributed by atoms with van der Waals surface area (Å²) in [6, 6.07) is 40.4. The van der Waals surface area contributed by atoms with Crippen LogP contribution in [0.2, 0.25) is 0 Å². The molecule has 0 aliphatic rings. The Hall–Kier alpha value is -5.81. The average Bonchev–Trinajstić information content (AvgIpc) is 3.16. The summed E-state index contributed by atoms with van der Waals surface area (Å²) < 4.78 is 70.1. The summed E-state index contributed by atoms with van der Waals surface area (Å²) in [4.78, 5) is -0.838. The minimum atomic E-state index is -4.73. The van der Waals surface area contributed by atoms with Gasteiger partial charge in [0.2, 0.25) is 11.4 Å². The Bertz CT molecular complexity index is 2850. The Kier molecular flexibility index (Phi) is 11.2. The van der Waals surface area contributed by atoms with Crippen molar-refractivity contribution in [1.82, 2.24) is 0 Å². The van der Waals surface area contributed by atoms with E-state index in [2.05, 4.69) is 20.5 Å². The van der Waals surface area contributed by atoms with E-state index in [0.29, 0.717) is 21.5 Å². The van der Waals surface area contributed by atoms with Gasteiger partial charge in [0, 0.05) is 22.9 Å². The fraction of sp³-hybridized carbons (Fsp3) is 0. The SMILES string of the molecule is O=S(=O)([O-])c1cc2ccccc2cc1[NH+]=Nc1c([O-])ccc2ccccc12.O=S(=O)([O-])c1cc2ccccc2cc1[NH+]=Nc1c([O-])ccc2ccccc12.[H+].[H+].[Mg+2]. The van der Waals surface area contributed by atoms with Crippen molar-refractivity contribution < 1.29 is 49.2 Å². The summed E-state index contributed by atoms with van der Waals surface area (Å²) in [7, 11) is -9.47. The normalized spacial score (nSPS) is 12.0. The summed E-state index contributed by atoms with van der Waals surface area (Å²) >= 11 is 0. The molecule has 8 aromatic rings. The number of benzene rings is 8. The van der Waals surface area contributed by atoms with Crippen LogP contribution >= 0.6 is 0 Å². The third-order valence-electron chi connectivity index (χ3n) is 8.54. The van der Waals surface area contributed by atoms with Crippen LogP contribution in [0.4, 0.5) is 22.7 Å². The van der Waals surface area contributed by atoms with Gasteiger partial charge < -0.3 is 19.3 Å². The molecular weight excluding hydrogens is 753 g/mol. The van der Waals surface area contributed by atoms with E-state index in [1.807, 2.05) is 24.3 Å². The quantitative estimate of drug-likeness (QED) is 0.136. The molecule has 2 N–H and O–H groups in total. The van der Waals surface area contributed by atoms with Crippen LogP contribution in [0.1, 0.15) is 2.85 Å². The molecule has 0 spiro atoms. The van der Waals surface area contributed by atoms with E-state index in [1.54, 1.807) is 84.9 Å². The van der Waals surface area contributed by atoms with Gasteiger partial charge in [-0.1, -0.05) is 143 Å². The molecule has 0 aliphatic heterocycles. The fourth-order valence-corrected chi connectivity index (χ4v) is 7.25. The van der Waals surface area contributed by atoms with Crippen molar-refractivity contribution in [2.45, 2.75) is 9.79 Å². The number of hydrogen-bond acceptors (Lipinski definition) is 10. The molecule has 0 amide bonds. The van der Waals surface area contributed by atoms with Crippen LogP contribution in [0.25, 0.3) is 43.1 Å². The van der Waals surface area contributed by atoms with Gasteiger partial charge in [0.05, 0.1) is 0 Å². The molecule has 0 unspecified atom stereocenters. The van der Waals surface area contributed by atoms with Gasteiger partial charge in [0.25, 0.3) is 0 Å². The molecule has 0 atom stereocenters. The van der Waals surface area contributed by atoms with Crippen molar-refractivity contribution in [3.63, 3.8) is 0 Å². The summed E-state index contributed by atoms with van der Waals surface area (Å²) in [6.07, 6.45) is 0. The van der Waals surface area contributed by atoms with Crippen LogP contribution in [-0.4, -0.2) is 49.0 Å². The minimum Gasteiger partial charge on any atom is -0.871 e. The van der Waals surface area contributed by atoms with Gasteiger partial charge in [-0.2, -0.15) is 0 Å². The first-order valence-corrected chi connectivity index (χ1v) is 19.0. The van der Waals surface area contributed by atoms with E-state index < -0.39 is 30.0 Å². The zero-order valence-electron chi connectivity index (χ0n) is 30.5. The molecule has 0 aromatic heterocycles. The number of rotatable bonds is 6. The van der Waals surface area contributed by atoms with Gasteiger partial charge in [-0.15, -0.1) is 0 Å². The van der Waals surface area contributed by atoms with Crippen molar-refractivity contribution in [3.05, 3.63) is 146 Å². The third kappa shape index (κ3) is 8.47. The van der Waals surface area contributed by atoms with E-state index in [-0.39, 0.29) is 60.2 Å². The first-order chi connectivity index (χ1) is 25.9. The molecule has 12 nitrogen and oxygen atoms in total. The number of nitrogens with one attached hydrogen (secondary N) is 2. The Balaban J connectivity index is 0.000000240. The molecule has 0 heterocycles. The molecule has 0 fully saturated rings. The standard InChI is InChI=1S/2C20H14N2O4S.Mg/c2*23-18-10-9-13-5-3-4-8-16(13)20(18)22-21-17-11-14-6-1-2-7-15(14)12-19(17)27(24,25)26;/h2*1-12,23H,(H,24,25,26);/q;;+2.